The molecule has 0 aliphatic rings. The minimum atomic E-state index is -0.442. The standard InChI is InChI=1S/C15H15NO3/c16-15(18)13-6-4-11(5-7-13)10-19-14-3-1-2-12(8-14)9-17/h1-8,17H,9-10H2,(H2,16,18). The first-order valence-electron chi connectivity index (χ1n) is 5.90. The first-order chi connectivity index (χ1) is 9.19. The predicted octanol–water partition coefficient (Wildman–Crippen LogP) is 1.86. The van der Waals surface area contributed by atoms with Gasteiger partial charge in [0.15, 0.2) is 0 Å². The molecule has 2 aromatic rings. The number of carbonyl (C=O) groups is 1. The molecule has 0 aromatic heterocycles. The van der Waals surface area contributed by atoms with Gasteiger partial charge >= 0.3 is 0 Å². The van der Waals surface area contributed by atoms with E-state index in [1.165, 1.54) is 0 Å². The maximum Gasteiger partial charge on any atom is 0.248 e. The molecule has 0 radical (unpaired) electrons. The minimum absolute atomic E-state index is 0.00942. The molecule has 3 N–H and O–H groups in total. The van der Waals surface area contributed by atoms with Crippen LogP contribution in [0.1, 0.15) is 21.5 Å². The molecule has 0 heterocycles. The van der Waals surface area contributed by atoms with E-state index in [-0.39, 0.29) is 6.61 Å². The number of hydrogen-bond donors (Lipinski definition) is 2. The molecule has 2 rings (SSSR count). The van der Waals surface area contributed by atoms with E-state index in [4.69, 9.17) is 15.6 Å². The normalized spacial score (nSPS) is 10.2. The van der Waals surface area contributed by atoms with Crippen LogP contribution in [0.4, 0.5) is 0 Å². The van der Waals surface area contributed by atoms with Crippen molar-refractivity contribution in [2.45, 2.75) is 13.2 Å². The van der Waals surface area contributed by atoms with Crippen molar-refractivity contribution in [1.29, 1.82) is 0 Å². The molecule has 0 aliphatic carbocycles. The van der Waals surface area contributed by atoms with Crippen LogP contribution in [0.2, 0.25) is 0 Å². The fraction of sp³-hybridized carbons (Fsp3) is 0.133. The molecule has 98 valence electrons. The Labute approximate surface area is 111 Å². The van der Waals surface area contributed by atoms with Crippen LogP contribution in [0, 0.1) is 0 Å². The van der Waals surface area contributed by atoms with Crippen LogP contribution in [-0.4, -0.2) is 11.0 Å². The number of hydrogen-bond acceptors (Lipinski definition) is 3. The lowest BCUT2D eigenvalue weighted by molar-refractivity contribution is 0.1000. The molecule has 4 heteroatoms. The Morgan fingerprint density at radius 2 is 1.84 bits per heavy atom. The van der Waals surface area contributed by atoms with Crippen molar-refractivity contribution >= 4 is 5.91 Å². The van der Waals surface area contributed by atoms with Crippen molar-refractivity contribution in [3.8, 4) is 5.75 Å². The summed E-state index contributed by atoms with van der Waals surface area (Å²) in [5.74, 6) is 0.258. The van der Waals surface area contributed by atoms with Crippen LogP contribution in [0.25, 0.3) is 0 Å². The highest BCUT2D eigenvalue weighted by Crippen LogP contribution is 2.15. The van der Waals surface area contributed by atoms with Crippen molar-refractivity contribution in [3.63, 3.8) is 0 Å². The van der Waals surface area contributed by atoms with Gasteiger partial charge in [0.2, 0.25) is 5.91 Å². The Hall–Kier alpha value is -2.33. The van der Waals surface area contributed by atoms with Gasteiger partial charge in [-0.05, 0) is 35.4 Å². The minimum Gasteiger partial charge on any atom is -0.489 e. The third-order valence-electron chi connectivity index (χ3n) is 2.72. The molecule has 1 amide bonds. The van der Waals surface area contributed by atoms with E-state index in [1.807, 2.05) is 18.2 Å². The maximum absolute atomic E-state index is 10.9. The summed E-state index contributed by atoms with van der Waals surface area (Å²) in [4.78, 5) is 10.9. The fourth-order valence-electron chi connectivity index (χ4n) is 1.67. The lowest BCUT2D eigenvalue weighted by atomic mass is 10.1. The molecular formula is C15H15NO3. The summed E-state index contributed by atoms with van der Waals surface area (Å²) in [6, 6.07) is 14.2. The third-order valence-corrected chi connectivity index (χ3v) is 2.72. The second-order valence-electron chi connectivity index (χ2n) is 4.16. The number of primary amides is 1. The topological polar surface area (TPSA) is 72.6 Å². The van der Waals surface area contributed by atoms with Gasteiger partial charge in [0.05, 0.1) is 6.61 Å². The quantitative estimate of drug-likeness (QED) is 0.858. The molecule has 0 bridgehead atoms. The molecule has 0 saturated heterocycles. The second kappa shape index (κ2) is 6.02. The Bertz CT molecular complexity index is 564. The average Bonchev–Trinajstić information content (AvgIpc) is 2.46. The Morgan fingerprint density at radius 3 is 2.47 bits per heavy atom. The number of benzene rings is 2. The predicted molar refractivity (Wildman–Crippen MR) is 71.7 cm³/mol. The van der Waals surface area contributed by atoms with Gasteiger partial charge in [-0.3, -0.25) is 4.79 Å². The van der Waals surface area contributed by atoms with Crippen LogP contribution < -0.4 is 10.5 Å². The SMILES string of the molecule is NC(=O)c1ccc(COc2cccc(CO)c2)cc1. The van der Waals surface area contributed by atoms with Gasteiger partial charge in [0.25, 0.3) is 0 Å². The summed E-state index contributed by atoms with van der Waals surface area (Å²) in [7, 11) is 0. The van der Waals surface area contributed by atoms with E-state index in [0.717, 1.165) is 11.1 Å². The monoisotopic (exact) mass is 257 g/mol. The zero-order valence-corrected chi connectivity index (χ0v) is 10.4. The summed E-state index contributed by atoms with van der Waals surface area (Å²) >= 11 is 0. The molecule has 0 saturated carbocycles. The summed E-state index contributed by atoms with van der Waals surface area (Å²) in [6.07, 6.45) is 0. The van der Waals surface area contributed by atoms with Gasteiger partial charge < -0.3 is 15.6 Å². The largest absolute Gasteiger partial charge is 0.489 e. The second-order valence-corrected chi connectivity index (χ2v) is 4.16. The number of nitrogens with two attached hydrogens (primary N) is 1. The Balaban J connectivity index is 1.99. The zero-order chi connectivity index (χ0) is 13.7. The van der Waals surface area contributed by atoms with E-state index in [0.29, 0.717) is 17.9 Å². The molecule has 0 spiro atoms. The van der Waals surface area contributed by atoms with Crippen LogP contribution >= 0.6 is 0 Å². The number of carbonyl (C=O) groups excluding carboxylic acids is 1. The van der Waals surface area contributed by atoms with Gasteiger partial charge in [0.1, 0.15) is 12.4 Å². The van der Waals surface area contributed by atoms with E-state index in [1.54, 1.807) is 30.3 Å². The molecule has 0 fully saturated rings. The zero-order valence-electron chi connectivity index (χ0n) is 10.4. The molecule has 4 nitrogen and oxygen atoms in total. The fourth-order valence-corrected chi connectivity index (χ4v) is 1.67. The van der Waals surface area contributed by atoms with Crippen molar-refractivity contribution in [1.82, 2.24) is 0 Å². The van der Waals surface area contributed by atoms with E-state index in [9.17, 15) is 4.79 Å². The van der Waals surface area contributed by atoms with Crippen LogP contribution in [-0.2, 0) is 13.2 Å². The Kier molecular flexibility index (Phi) is 4.15. The summed E-state index contributed by atoms with van der Waals surface area (Å²) in [5, 5.41) is 9.03. The van der Waals surface area contributed by atoms with Gasteiger partial charge in [-0.1, -0.05) is 24.3 Å². The van der Waals surface area contributed by atoms with Crippen LogP contribution in [0.15, 0.2) is 48.5 Å². The number of aliphatic hydroxyl groups is 1. The van der Waals surface area contributed by atoms with Crippen molar-refractivity contribution in [3.05, 3.63) is 65.2 Å². The molecule has 2 aromatic carbocycles. The lowest BCUT2D eigenvalue weighted by Gasteiger charge is -2.07. The van der Waals surface area contributed by atoms with E-state index < -0.39 is 5.91 Å². The van der Waals surface area contributed by atoms with Gasteiger partial charge in [-0.15, -0.1) is 0 Å². The number of amides is 1. The van der Waals surface area contributed by atoms with E-state index in [2.05, 4.69) is 0 Å². The highest BCUT2D eigenvalue weighted by Gasteiger charge is 2.01. The van der Waals surface area contributed by atoms with Crippen LogP contribution in [0.3, 0.4) is 0 Å². The number of rotatable bonds is 5. The first kappa shape index (κ1) is 13.1. The highest BCUT2D eigenvalue weighted by atomic mass is 16.5. The highest BCUT2D eigenvalue weighted by molar-refractivity contribution is 5.92. The molecule has 19 heavy (non-hydrogen) atoms. The smallest absolute Gasteiger partial charge is 0.248 e. The van der Waals surface area contributed by atoms with Gasteiger partial charge in [-0.2, -0.15) is 0 Å². The molecule has 0 atom stereocenters. The van der Waals surface area contributed by atoms with Crippen molar-refractivity contribution in [2.24, 2.45) is 5.73 Å². The van der Waals surface area contributed by atoms with Crippen molar-refractivity contribution < 1.29 is 14.6 Å². The molecule has 0 unspecified atom stereocenters. The van der Waals surface area contributed by atoms with Gasteiger partial charge in [-0.25, -0.2) is 0 Å². The van der Waals surface area contributed by atoms with Crippen LogP contribution in [0.5, 0.6) is 5.75 Å². The third kappa shape index (κ3) is 3.56. The summed E-state index contributed by atoms with van der Waals surface area (Å²) in [5.41, 5.74) is 7.40. The molecular weight excluding hydrogens is 242 g/mol. The average molecular weight is 257 g/mol. The van der Waals surface area contributed by atoms with E-state index >= 15 is 0 Å². The maximum atomic E-state index is 10.9. The molecule has 0 aliphatic heterocycles. The lowest BCUT2D eigenvalue weighted by Crippen LogP contribution is -2.10. The number of aliphatic hydroxyl groups excluding tert-OH is 1. The van der Waals surface area contributed by atoms with Gasteiger partial charge in [0, 0.05) is 5.56 Å². The van der Waals surface area contributed by atoms with Crippen molar-refractivity contribution in [2.75, 3.05) is 0 Å². The summed E-state index contributed by atoms with van der Waals surface area (Å²) < 4.78 is 5.61. The first-order valence-corrected chi connectivity index (χ1v) is 5.90. The number of ether oxygens (including phenoxy) is 1. The Morgan fingerprint density at radius 1 is 1.11 bits per heavy atom. The summed E-state index contributed by atoms with van der Waals surface area (Å²) in [6.45, 7) is 0.387.